The summed E-state index contributed by atoms with van der Waals surface area (Å²) in [5.74, 6) is -0.310. The fourth-order valence-electron chi connectivity index (χ4n) is 3.30. The number of carbonyl (C=O) groups is 2. The van der Waals surface area contributed by atoms with Crippen molar-refractivity contribution >= 4 is 28.8 Å². The highest BCUT2D eigenvalue weighted by molar-refractivity contribution is 7.09. The van der Waals surface area contributed by atoms with Crippen molar-refractivity contribution in [1.82, 2.24) is 10.3 Å². The molecule has 7 heteroatoms. The predicted octanol–water partition coefficient (Wildman–Crippen LogP) is 4.50. The Morgan fingerprint density at radius 1 is 1.09 bits per heavy atom. The lowest BCUT2D eigenvalue weighted by atomic mass is 10.1. The van der Waals surface area contributed by atoms with Crippen LogP contribution in [0.5, 0.6) is 0 Å². The van der Waals surface area contributed by atoms with Crippen molar-refractivity contribution in [1.29, 1.82) is 5.26 Å². The molecule has 0 saturated heterocycles. The molecule has 0 spiro atoms. The van der Waals surface area contributed by atoms with Crippen molar-refractivity contribution < 1.29 is 9.59 Å². The Hall–Kier alpha value is -3.50. The van der Waals surface area contributed by atoms with Gasteiger partial charge in [0.1, 0.15) is 0 Å². The molecule has 3 aromatic rings. The van der Waals surface area contributed by atoms with Crippen LogP contribution in [-0.2, 0) is 16.0 Å². The summed E-state index contributed by atoms with van der Waals surface area (Å²) < 4.78 is 0. The lowest BCUT2D eigenvalue weighted by molar-refractivity contribution is -0.125. The third kappa shape index (κ3) is 6.76. The van der Waals surface area contributed by atoms with Crippen LogP contribution >= 0.6 is 11.3 Å². The highest BCUT2D eigenvalue weighted by atomic mass is 32.1. The smallest absolute Gasteiger partial charge is 0.227 e. The molecule has 0 aliphatic heterocycles. The number of thiazole rings is 1. The number of nitrogens with one attached hydrogen (secondary N) is 1. The molecular weight excluding hydrogens is 420 g/mol. The SMILES string of the molecule is Cc1nc(-c2ccc(CCNC(=O)CCC(=O)N(CCC#N)c3ccccc3)cc2)cs1. The van der Waals surface area contributed by atoms with E-state index in [1.807, 2.05) is 66.9 Å². The van der Waals surface area contributed by atoms with Crippen LogP contribution in [0.25, 0.3) is 11.3 Å². The van der Waals surface area contributed by atoms with Gasteiger partial charge in [-0.05, 0) is 31.0 Å². The summed E-state index contributed by atoms with van der Waals surface area (Å²) in [4.78, 5) is 30.9. The normalized spacial score (nSPS) is 10.4. The number of benzene rings is 2. The number of amides is 2. The predicted molar refractivity (Wildman–Crippen MR) is 127 cm³/mol. The molecule has 2 aromatic carbocycles. The van der Waals surface area contributed by atoms with E-state index >= 15 is 0 Å². The standard InChI is InChI=1S/C25H26N4O2S/c1-19-28-23(18-32-19)21-10-8-20(9-11-21)14-16-27-24(30)12-13-25(31)29(17-5-15-26)22-6-3-2-4-7-22/h2-4,6-11,18H,5,12-14,16-17H2,1H3,(H,27,30). The second kappa shape index (κ2) is 11.8. The summed E-state index contributed by atoms with van der Waals surface area (Å²) in [6, 6.07) is 19.5. The Balaban J connectivity index is 1.43. The number of hydrogen-bond acceptors (Lipinski definition) is 5. The van der Waals surface area contributed by atoms with E-state index in [0.29, 0.717) is 19.5 Å². The highest BCUT2D eigenvalue weighted by Gasteiger charge is 2.16. The monoisotopic (exact) mass is 446 g/mol. The van der Waals surface area contributed by atoms with Gasteiger partial charge in [-0.25, -0.2) is 4.98 Å². The van der Waals surface area contributed by atoms with Crippen LogP contribution < -0.4 is 10.2 Å². The van der Waals surface area contributed by atoms with Crippen molar-refractivity contribution in [3.63, 3.8) is 0 Å². The van der Waals surface area contributed by atoms with Gasteiger partial charge in [-0.15, -0.1) is 11.3 Å². The number of carbonyl (C=O) groups excluding carboxylic acids is 2. The van der Waals surface area contributed by atoms with Crippen LogP contribution in [0, 0.1) is 18.3 Å². The zero-order chi connectivity index (χ0) is 22.8. The van der Waals surface area contributed by atoms with E-state index in [2.05, 4.69) is 16.4 Å². The third-order valence-corrected chi connectivity index (χ3v) is 5.76. The van der Waals surface area contributed by atoms with Gasteiger partial charge in [0.2, 0.25) is 11.8 Å². The van der Waals surface area contributed by atoms with E-state index in [1.165, 1.54) is 0 Å². The summed E-state index contributed by atoms with van der Waals surface area (Å²) in [5, 5.41) is 14.8. The van der Waals surface area contributed by atoms with Crippen molar-refractivity contribution in [2.24, 2.45) is 0 Å². The molecule has 0 unspecified atom stereocenters. The largest absolute Gasteiger partial charge is 0.356 e. The second-order valence-electron chi connectivity index (χ2n) is 7.34. The topological polar surface area (TPSA) is 86.1 Å². The summed E-state index contributed by atoms with van der Waals surface area (Å²) in [5.41, 5.74) is 3.93. The molecule has 0 aliphatic carbocycles. The molecule has 0 atom stereocenters. The fraction of sp³-hybridized carbons (Fsp3) is 0.280. The van der Waals surface area contributed by atoms with Gasteiger partial charge in [-0.1, -0.05) is 42.5 Å². The zero-order valence-electron chi connectivity index (χ0n) is 18.1. The van der Waals surface area contributed by atoms with Crippen LogP contribution in [0.15, 0.2) is 60.0 Å². The van der Waals surface area contributed by atoms with Gasteiger partial charge in [-0.3, -0.25) is 9.59 Å². The van der Waals surface area contributed by atoms with Gasteiger partial charge in [0.15, 0.2) is 0 Å². The molecule has 32 heavy (non-hydrogen) atoms. The van der Waals surface area contributed by atoms with Gasteiger partial charge >= 0.3 is 0 Å². The van der Waals surface area contributed by atoms with E-state index in [1.54, 1.807) is 16.2 Å². The van der Waals surface area contributed by atoms with Gasteiger partial charge in [0, 0.05) is 42.6 Å². The molecule has 0 fully saturated rings. The van der Waals surface area contributed by atoms with E-state index in [0.717, 1.165) is 27.5 Å². The average Bonchev–Trinajstić information content (AvgIpc) is 3.25. The van der Waals surface area contributed by atoms with Crippen molar-refractivity contribution in [2.45, 2.75) is 32.6 Å². The Bertz CT molecular complexity index is 1070. The van der Waals surface area contributed by atoms with Gasteiger partial charge in [-0.2, -0.15) is 5.26 Å². The molecule has 0 aliphatic rings. The van der Waals surface area contributed by atoms with Crippen molar-refractivity contribution in [3.8, 4) is 17.3 Å². The van der Waals surface area contributed by atoms with Gasteiger partial charge in [0.25, 0.3) is 0 Å². The first-order chi connectivity index (χ1) is 15.6. The van der Waals surface area contributed by atoms with Crippen LogP contribution in [0.1, 0.15) is 29.8 Å². The number of rotatable bonds is 10. The number of para-hydroxylation sites is 1. The number of nitrogens with zero attached hydrogens (tertiary/aromatic N) is 3. The van der Waals surface area contributed by atoms with Gasteiger partial charge in [0.05, 0.1) is 23.2 Å². The van der Waals surface area contributed by atoms with E-state index in [9.17, 15) is 9.59 Å². The van der Waals surface area contributed by atoms with E-state index < -0.39 is 0 Å². The summed E-state index contributed by atoms with van der Waals surface area (Å²) in [6.45, 7) is 2.82. The molecule has 1 aromatic heterocycles. The minimum atomic E-state index is -0.158. The van der Waals surface area contributed by atoms with Crippen molar-refractivity contribution in [2.75, 3.05) is 18.0 Å². The lowest BCUT2D eigenvalue weighted by Gasteiger charge is -2.21. The summed E-state index contributed by atoms with van der Waals surface area (Å²) in [6.07, 6.45) is 1.19. The lowest BCUT2D eigenvalue weighted by Crippen LogP contribution is -2.33. The minimum absolute atomic E-state index is 0.105. The Morgan fingerprint density at radius 2 is 1.84 bits per heavy atom. The maximum atomic E-state index is 12.6. The molecule has 6 nitrogen and oxygen atoms in total. The molecule has 1 heterocycles. The Labute approximate surface area is 192 Å². The zero-order valence-corrected chi connectivity index (χ0v) is 18.9. The first-order valence-electron chi connectivity index (χ1n) is 10.6. The summed E-state index contributed by atoms with van der Waals surface area (Å²) >= 11 is 1.63. The number of aryl methyl sites for hydroxylation is 1. The first kappa shape index (κ1) is 23.2. The van der Waals surface area contributed by atoms with Crippen LogP contribution in [0.2, 0.25) is 0 Å². The van der Waals surface area contributed by atoms with E-state index in [4.69, 9.17) is 5.26 Å². The van der Waals surface area contributed by atoms with Crippen LogP contribution in [-0.4, -0.2) is 29.9 Å². The van der Waals surface area contributed by atoms with E-state index in [-0.39, 0.29) is 31.1 Å². The molecule has 164 valence electrons. The number of anilines is 1. The molecule has 0 saturated carbocycles. The molecule has 0 bridgehead atoms. The number of nitriles is 1. The molecule has 0 radical (unpaired) electrons. The Morgan fingerprint density at radius 3 is 2.50 bits per heavy atom. The van der Waals surface area contributed by atoms with Crippen LogP contribution in [0.3, 0.4) is 0 Å². The third-order valence-electron chi connectivity index (χ3n) is 4.99. The maximum absolute atomic E-state index is 12.6. The molecule has 2 amide bonds. The molecule has 1 N–H and O–H groups in total. The maximum Gasteiger partial charge on any atom is 0.227 e. The molecular formula is C25H26N4O2S. The minimum Gasteiger partial charge on any atom is -0.356 e. The quantitative estimate of drug-likeness (QED) is 0.497. The first-order valence-corrected chi connectivity index (χ1v) is 11.5. The van der Waals surface area contributed by atoms with Crippen LogP contribution in [0.4, 0.5) is 5.69 Å². The average molecular weight is 447 g/mol. The second-order valence-corrected chi connectivity index (χ2v) is 8.40. The molecule has 3 rings (SSSR count). The summed E-state index contributed by atoms with van der Waals surface area (Å²) in [7, 11) is 0. The van der Waals surface area contributed by atoms with Crippen molar-refractivity contribution in [3.05, 3.63) is 70.5 Å². The fourth-order valence-corrected chi connectivity index (χ4v) is 3.92. The van der Waals surface area contributed by atoms with Gasteiger partial charge < -0.3 is 10.2 Å². The number of aromatic nitrogens is 1. The highest BCUT2D eigenvalue weighted by Crippen LogP contribution is 2.22. The Kier molecular flexibility index (Phi) is 8.52. The number of hydrogen-bond donors (Lipinski definition) is 1.